The van der Waals surface area contributed by atoms with Gasteiger partial charge in [0.05, 0.1) is 30.6 Å². The van der Waals surface area contributed by atoms with Gasteiger partial charge in [0, 0.05) is 0 Å². The Morgan fingerprint density at radius 2 is 1.28 bits per heavy atom. The van der Waals surface area contributed by atoms with Gasteiger partial charge >= 0.3 is 35.8 Å². The molecule has 0 aromatic heterocycles. The highest BCUT2D eigenvalue weighted by molar-refractivity contribution is 6.09. The van der Waals surface area contributed by atoms with Gasteiger partial charge in [-0.3, -0.25) is 28.8 Å². The molecule has 200 valence electrons. The molecule has 0 radical (unpaired) electrons. The Labute approximate surface area is 223 Å². The molecule has 39 heavy (non-hydrogen) atoms. The molecule has 9 heteroatoms. The summed E-state index contributed by atoms with van der Waals surface area (Å²) in [6.07, 6.45) is 4.22. The van der Waals surface area contributed by atoms with Crippen LogP contribution in [0.3, 0.4) is 0 Å². The van der Waals surface area contributed by atoms with Crippen molar-refractivity contribution in [2.75, 3.05) is 0 Å². The fraction of sp³-hybridized carbons (Fsp3) is 0.400. The van der Waals surface area contributed by atoms with Crippen molar-refractivity contribution in [3.05, 3.63) is 70.8 Å². The highest BCUT2D eigenvalue weighted by atomic mass is 16.6. The van der Waals surface area contributed by atoms with Crippen LogP contribution in [0.4, 0.5) is 0 Å². The van der Waals surface area contributed by atoms with Crippen LogP contribution in [0.1, 0.15) is 60.3 Å². The van der Waals surface area contributed by atoms with Crippen LogP contribution in [0.2, 0.25) is 0 Å². The number of esters is 6. The van der Waals surface area contributed by atoms with Crippen LogP contribution >= 0.6 is 0 Å². The Morgan fingerprint density at radius 1 is 0.615 bits per heavy atom. The first-order chi connectivity index (χ1) is 18.8. The molecule has 2 aliphatic carbocycles. The van der Waals surface area contributed by atoms with Crippen LogP contribution in [0.15, 0.2) is 48.5 Å². The number of aryl methyl sites for hydroxylation is 2. The van der Waals surface area contributed by atoms with E-state index in [0.717, 1.165) is 24.8 Å². The van der Waals surface area contributed by atoms with Crippen LogP contribution in [0.5, 0.6) is 0 Å². The third-order valence-electron chi connectivity index (χ3n) is 8.76. The smallest absolute Gasteiger partial charge is 0.326 e. The molecular formula is C30H26O9. The number of hydrogen-bond donors (Lipinski definition) is 0. The molecule has 3 aliphatic heterocycles. The van der Waals surface area contributed by atoms with E-state index in [0.29, 0.717) is 18.4 Å². The molecule has 0 spiro atoms. The number of benzene rings is 2. The van der Waals surface area contributed by atoms with Gasteiger partial charge in [-0.1, -0.05) is 48.5 Å². The second-order valence-corrected chi connectivity index (χ2v) is 10.7. The predicted molar refractivity (Wildman–Crippen MR) is 132 cm³/mol. The molecule has 3 fully saturated rings. The fourth-order valence-electron chi connectivity index (χ4n) is 7.06. The Bertz CT molecular complexity index is 1430. The maximum atomic E-state index is 12.6. The van der Waals surface area contributed by atoms with Crippen molar-refractivity contribution in [1.82, 2.24) is 0 Å². The highest BCUT2D eigenvalue weighted by Crippen LogP contribution is 2.54. The van der Waals surface area contributed by atoms with E-state index in [1.165, 1.54) is 11.1 Å². The molecule has 0 bridgehead atoms. The third kappa shape index (κ3) is 3.99. The van der Waals surface area contributed by atoms with Gasteiger partial charge in [0.1, 0.15) is 5.41 Å². The molecule has 2 aromatic carbocycles. The number of carbonyl (C=O) groups excluding carboxylic acids is 6. The maximum absolute atomic E-state index is 12.6. The zero-order valence-electron chi connectivity index (χ0n) is 21.1. The SMILES string of the molecule is O=C1CC(C23C(=O)OC(=O)C2CCc2ccccc23)C(=O)O1.O=C1CC(C2CCCc3ccccc32)C(=O)O1. The summed E-state index contributed by atoms with van der Waals surface area (Å²) in [7, 11) is 0. The summed E-state index contributed by atoms with van der Waals surface area (Å²) in [5.41, 5.74) is 2.64. The first kappa shape index (κ1) is 25.2. The molecule has 0 saturated carbocycles. The molecule has 0 N–H and O–H groups in total. The number of fused-ring (bicyclic) bond motifs is 4. The van der Waals surface area contributed by atoms with E-state index in [2.05, 4.69) is 21.6 Å². The van der Waals surface area contributed by atoms with E-state index in [4.69, 9.17) is 4.74 Å². The molecule has 3 saturated heterocycles. The lowest BCUT2D eigenvalue weighted by molar-refractivity contribution is -0.159. The lowest BCUT2D eigenvalue weighted by atomic mass is 9.58. The van der Waals surface area contributed by atoms with Gasteiger partial charge in [-0.15, -0.1) is 0 Å². The van der Waals surface area contributed by atoms with Crippen molar-refractivity contribution in [2.45, 2.75) is 56.3 Å². The summed E-state index contributed by atoms with van der Waals surface area (Å²) in [5.74, 6) is -5.32. The Morgan fingerprint density at radius 3 is 2.00 bits per heavy atom. The normalized spacial score (nSPS) is 30.9. The summed E-state index contributed by atoms with van der Waals surface area (Å²) in [5, 5.41) is 0. The van der Waals surface area contributed by atoms with E-state index in [9.17, 15) is 28.8 Å². The van der Waals surface area contributed by atoms with Crippen LogP contribution in [-0.2, 0) is 61.2 Å². The van der Waals surface area contributed by atoms with Crippen molar-refractivity contribution in [2.24, 2.45) is 17.8 Å². The zero-order valence-corrected chi connectivity index (χ0v) is 21.1. The molecule has 5 aliphatic rings. The van der Waals surface area contributed by atoms with Crippen LogP contribution in [0, 0.1) is 17.8 Å². The largest absolute Gasteiger partial charge is 0.393 e. The fourth-order valence-corrected chi connectivity index (χ4v) is 7.06. The van der Waals surface area contributed by atoms with Crippen molar-refractivity contribution in [3.8, 4) is 0 Å². The van der Waals surface area contributed by atoms with E-state index in [1.807, 2.05) is 24.3 Å². The van der Waals surface area contributed by atoms with Gasteiger partial charge < -0.3 is 14.2 Å². The van der Waals surface area contributed by atoms with E-state index < -0.39 is 41.1 Å². The summed E-state index contributed by atoms with van der Waals surface area (Å²) >= 11 is 0. The number of ether oxygens (including phenoxy) is 3. The summed E-state index contributed by atoms with van der Waals surface area (Å²) in [4.78, 5) is 71.1. The quantitative estimate of drug-likeness (QED) is 0.327. The van der Waals surface area contributed by atoms with Gasteiger partial charge in [-0.05, 0) is 60.3 Å². The Balaban J connectivity index is 0.000000147. The lowest BCUT2D eigenvalue weighted by Gasteiger charge is -2.38. The second kappa shape index (κ2) is 9.55. The molecule has 9 nitrogen and oxygen atoms in total. The Kier molecular flexibility index (Phi) is 6.16. The van der Waals surface area contributed by atoms with Crippen molar-refractivity contribution < 1.29 is 43.0 Å². The minimum atomic E-state index is -1.42. The third-order valence-corrected chi connectivity index (χ3v) is 8.76. The van der Waals surface area contributed by atoms with Crippen LogP contribution in [0.25, 0.3) is 0 Å². The van der Waals surface area contributed by atoms with Gasteiger partial charge in [-0.2, -0.15) is 0 Å². The predicted octanol–water partition coefficient (Wildman–Crippen LogP) is 2.86. The van der Waals surface area contributed by atoms with Gasteiger partial charge in [0.25, 0.3) is 0 Å². The zero-order chi connectivity index (χ0) is 27.3. The minimum absolute atomic E-state index is 0.166. The number of rotatable bonds is 2. The molecule has 0 amide bonds. The standard InChI is InChI=1S/C16H12O6.C14H14O3/c17-12-7-11(14(19)21-12)16-9-4-2-1-3-8(9)5-6-10(16)13(18)22-15(16)20;15-13-8-12(14(16)17-13)11-7-3-5-9-4-1-2-6-10(9)11/h1-4,10-11H,5-7H2;1-2,4,6,11-12H,3,5,7-8H2. The summed E-state index contributed by atoms with van der Waals surface area (Å²) in [6, 6.07) is 15.4. The summed E-state index contributed by atoms with van der Waals surface area (Å²) < 4.78 is 14.2. The maximum Gasteiger partial charge on any atom is 0.326 e. The molecule has 5 unspecified atom stereocenters. The number of carbonyl (C=O) groups is 6. The average Bonchev–Trinajstić information content (AvgIpc) is 3.54. The number of cyclic esters (lactones) is 6. The number of hydrogen-bond acceptors (Lipinski definition) is 9. The molecule has 5 atom stereocenters. The van der Waals surface area contributed by atoms with E-state index in [1.54, 1.807) is 12.1 Å². The van der Waals surface area contributed by atoms with Crippen LogP contribution < -0.4 is 0 Å². The van der Waals surface area contributed by atoms with Gasteiger partial charge in [0.15, 0.2) is 0 Å². The van der Waals surface area contributed by atoms with Crippen molar-refractivity contribution >= 4 is 35.8 Å². The van der Waals surface area contributed by atoms with E-state index in [-0.39, 0.29) is 36.6 Å². The molecule has 7 rings (SSSR count). The second-order valence-electron chi connectivity index (χ2n) is 10.7. The van der Waals surface area contributed by atoms with E-state index >= 15 is 0 Å². The molecular weight excluding hydrogens is 504 g/mol. The minimum Gasteiger partial charge on any atom is -0.393 e. The first-order valence-corrected chi connectivity index (χ1v) is 13.2. The van der Waals surface area contributed by atoms with Crippen LogP contribution in [-0.4, -0.2) is 35.8 Å². The Hall–Kier alpha value is -4.14. The topological polar surface area (TPSA) is 130 Å². The van der Waals surface area contributed by atoms with Gasteiger partial charge in [-0.25, -0.2) is 0 Å². The summed E-state index contributed by atoms with van der Waals surface area (Å²) in [6.45, 7) is 0. The highest BCUT2D eigenvalue weighted by Gasteiger charge is 2.68. The average molecular weight is 531 g/mol. The van der Waals surface area contributed by atoms with Crippen molar-refractivity contribution in [3.63, 3.8) is 0 Å². The lowest BCUT2D eigenvalue weighted by Crippen LogP contribution is -2.50. The molecule has 3 heterocycles. The monoisotopic (exact) mass is 530 g/mol. The van der Waals surface area contributed by atoms with Gasteiger partial charge in [0.2, 0.25) is 0 Å². The first-order valence-electron chi connectivity index (χ1n) is 13.2. The van der Waals surface area contributed by atoms with Crippen molar-refractivity contribution in [1.29, 1.82) is 0 Å². The molecule has 2 aromatic rings.